The molecule has 1 amide bonds. The summed E-state index contributed by atoms with van der Waals surface area (Å²) >= 11 is 0. The van der Waals surface area contributed by atoms with Crippen LogP contribution in [-0.4, -0.2) is 34.5 Å². The van der Waals surface area contributed by atoms with E-state index in [1.54, 1.807) is 55.7 Å². The molecule has 2 aromatic rings. The van der Waals surface area contributed by atoms with Crippen LogP contribution in [0.25, 0.3) is 0 Å². The highest BCUT2D eigenvalue weighted by atomic mass is 32.2. The summed E-state index contributed by atoms with van der Waals surface area (Å²) in [6.45, 7) is 3.44. The van der Waals surface area contributed by atoms with E-state index in [1.165, 1.54) is 12.1 Å². The second-order valence-corrected chi connectivity index (χ2v) is 9.09. The van der Waals surface area contributed by atoms with Gasteiger partial charge in [0.2, 0.25) is 5.91 Å². The minimum absolute atomic E-state index is 0.130. The summed E-state index contributed by atoms with van der Waals surface area (Å²) in [4.78, 5) is 14.4. The summed E-state index contributed by atoms with van der Waals surface area (Å²) in [5.41, 5.74) is 1.48. The van der Waals surface area contributed by atoms with Crippen LogP contribution in [0.2, 0.25) is 0 Å². The maximum atomic E-state index is 13.4. The third kappa shape index (κ3) is 6.13. The minimum atomic E-state index is -3.91. The Kier molecular flexibility index (Phi) is 7.94. The Morgan fingerprint density at radius 2 is 1.69 bits per heavy atom. The van der Waals surface area contributed by atoms with Crippen LogP contribution in [0, 0.1) is 0 Å². The van der Waals surface area contributed by atoms with E-state index in [0.29, 0.717) is 22.8 Å². The third-order valence-electron chi connectivity index (χ3n) is 5.11. The van der Waals surface area contributed by atoms with Crippen LogP contribution in [0.15, 0.2) is 71.7 Å². The van der Waals surface area contributed by atoms with Crippen molar-refractivity contribution in [3.63, 3.8) is 0 Å². The van der Waals surface area contributed by atoms with Gasteiger partial charge in [0.05, 0.1) is 12.8 Å². The first-order valence-corrected chi connectivity index (χ1v) is 12.1. The molecule has 1 aliphatic heterocycles. The largest absolute Gasteiger partial charge is 0.497 e. The van der Waals surface area contributed by atoms with Crippen molar-refractivity contribution in [3.05, 3.63) is 66.8 Å². The number of carbonyl (C=O) groups is 1. The smallest absolute Gasteiger partial charge is 0.264 e. The van der Waals surface area contributed by atoms with E-state index in [4.69, 9.17) is 4.74 Å². The normalized spacial score (nSPS) is 14.6. The maximum absolute atomic E-state index is 13.4. The molecule has 1 saturated heterocycles. The molecule has 7 nitrogen and oxygen atoms in total. The number of carbonyl (C=O) groups excluding carboxylic acids is 1. The van der Waals surface area contributed by atoms with E-state index in [-0.39, 0.29) is 10.8 Å². The fourth-order valence-corrected chi connectivity index (χ4v) is 4.82. The second-order valence-electron chi connectivity index (χ2n) is 7.44. The number of anilines is 3. The van der Waals surface area contributed by atoms with Gasteiger partial charge in [0.15, 0.2) is 0 Å². The maximum Gasteiger partial charge on any atom is 0.264 e. The van der Waals surface area contributed by atoms with Crippen LogP contribution in [0.5, 0.6) is 5.75 Å². The van der Waals surface area contributed by atoms with Gasteiger partial charge >= 0.3 is 0 Å². The summed E-state index contributed by atoms with van der Waals surface area (Å²) in [6.07, 6.45) is 9.73. The Morgan fingerprint density at radius 1 is 1.00 bits per heavy atom. The first-order chi connectivity index (χ1) is 15.4. The van der Waals surface area contributed by atoms with Crippen LogP contribution < -0.4 is 19.7 Å². The number of ether oxygens (including phenoxy) is 1. The third-order valence-corrected chi connectivity index (χ3v) is 6.52. The molecule has 0 unspecified atom stereocenters. The van der Waals surface area contributed by atoms with Gasteiger partial charge in [0.1, 0.15) is 10.6 Å². The molecule has 2 aromatic carbocycles. The van der Waals surface area contributed by atoms with E-state index in [2.05, 4.69) is 14.9 Å². The van der Waals surface area contributed by atoms with Gasteiger partial charge in [-0.15, -0.1) is 0 Å². The predicted octanol–water partition coefficient (Wildman–Crippen LogP) is 4.56. The van der Waals surface area contributed by atoms with Gasteiger partial charge in [-0.3, -0.25) is 9.52 Å². The number of methoxy groups -OCH3 is 1. The molecule has 1 aliphatic rings. The molecule has 0 spiro atoms. The number of amides is 1. The lowest BCUT2D eigenvalue weighted by molar-refractivity contribution is -0.111. The van der Waals surface area contributed by atoms with Gasteiger partial charge in [-0.05, 0) is 68.7 Å². The minimum Gasteiger partial charge on any atom is -0.497 e. The van der Waals surface area contributed by atoms with Crippen molar-refractivity contribution in [2.45, 2.75) is 31.1 Å². The average molecular weight is 456 g/mol. The summed E-state index contributed by atoms with van der Waals surface area (Å²) in [7, 11) is -2.35. The van der Waals surface area contributed by atoms with E-state index in [1.807, 2.05) is 13.0 Å². The molecular formula is C24H29N3O4S. The number of piperidine rings is 1. The van der Waals surface area contributed by atoms with Crippen LogP contribution >= 0.6 is 0 Å². The Hall–Kier alpha value is -3.26. The fourth-order valence-electron chi connectivity index (χ4n) is 3.51. The highest BCUT2D eigenvalue weighted by molar-refractivity contribution is 7.92. The molecule has 1 fully saturated rings. The summed E-state index contributed by atoms with van der Waals surface area (Å²) in [5, 5.41) is 2.74. The van der Waals surface area contributed by atoms with Crippen LogP contribution in [-0.2, 0) is 14.8 Å². The fraction of sp³-hybridized carbons (Fsp3) is 0.292. The second kappa shape index (κ2) is 10.9. The van der Waals surface area contributed by atoms with E-state index in [9.17, 15) is 13.2 Å². The molecule has 2 N–H and O–H groups in total. The quantitative estimate of drug-likeness (QED) is 0.450. The highest BCUT2D eigenvalue weighted by Gasteiger charge is 2.24. The summed E-state index contributed by atoms with van der Waals surface area (Å²) in [5.74, 6) is 0.304. The standard InChI is InChI=1S/C24H29N3O4S/c1-3-4-6-9-24(28)25-20-12-15-22(27-16-7-5-8-17-27)23(18-20)32(29,30)26-19-10-13-21(31-2)14-11-19/h3-4,6,9-15,18,26H,5,7-8,16-17H2,1-2H3,(H,25,28)/b4-3+,9-6+. The van der Waals surface area contributed by atoms with Gasteiger partial charge < -0.3 is 15.0 Å². The SMILES string of the molecule is C/C=C/C=C/C(=O)Nc1ccc(N2CCCCC2)c(S(=O)(=O)Nc2ccc(OC)cc2)c1. The van der Waals surface area contributed by atoms with Gasteiger partial charge in [0, 0.05) is 30.5 Å². The molecule has 0 saturated carbocycles. The van der Waals surface area contributed by atoms with Gasteiger partial charge in [-0.2, -0.15) is 0 Å². The zero-order valence-corrected chi connectivity index (χ0v) is 19.2. The Morgan fingerprint density at radius 3 is 2.34 bits per heavy atom. The molecule has 0 atom stereocenters. The highest BCUT2D eigenvalue weighted by Crippen LogP contribution is 2.32. The molecule has 0 radical (unpaired) electrons. The first-order valence-electron chi connectivity index (χ1n) is 10.6. The number of benzene rings is 2. The molecule has 0 bridgehead atoms. The Bertz CT molecular complexity index is 1090. The Balaban J connectivity index is 1.93. The number of sulfonamides is 1. The van der Waals surface area contributed by atoms with Crippen molar-refractivity contribution in [2.75, 3.05) is 35.1 Å². The van der Waals surface area contributed by atoms with Crippen molar-refractivity contribution in [1.82, 2.24) is 0 Å². The number of nitrogens with one attached hydrogen (secondary N) is 2. The van der Waals surface area contributed by atoms with Crippen molar-refractivity contribution >= 4 is 33.0 Å². The van der Waals surface area contributed by atoms with E-state index in [0.717, 1.165) is 32.4 Å². The summed E-state index contributed by atoms with van der Waals surface area (Å²) < 4.78 is 34.5. The number of nitrogens with zero attached hydrogens (tertiary/aromatic N) is 1. The molecule has 0 aromatic heterocycles. The molecule has 1 heterocycles. The lowest BCUT2D eigenvalue weighted by Crippen LogP contribution is -2.31. The van der Waals surface area contributed by atoms with Crippen LogP contribution in [0.4, 0.5) is 17.1 Å². The van der Waals surface area contributed by atoms with Crippen LogP contribution in [0.1, 0.15) is 26.2 Å². The molecular weight excluding hydrogens is 426 g/mol. The topological polar surface area (TPSA) is 87.7 Å². The zero-order valence-electron chi connectivity index (χ0n) is 18.4. The first kappa shape index (κ1) is 23.4. The molecule has 32 heavy (non-hydrogen) atoms. The number of rotatable bonds is 8. The lowest BCUT2D eigenvalue weighted by Gasteiger charge is -2.30. The lowest BCUT2D eigenvalue weighted by atomic mass is 10.1. The number of hydrogen-bond donors (Lipinski definition) is 2. The van der Waals surface area contributed by atoms with E-state index < -0.39 is 10.0 Å². The van der Waals surface area contributed by atoms with Crippen molar-refractivity contribution < 1.29 is 17.9 Å². The molecule has 3 rings (SSSR count). The Labute approximate surface area is 189 Å². The average Bonchev–Trinajstić information content (AvgIpc) is 2.80. The molecule has 170 valence electrons. The van der Waals surface area contributed by atoms with Crippen molar-refractivity contribution in [3.8, 4) is 5.75 Å². The predicted molar refractivity (Wildman–Crippen MR) is 129 cm³/mol. The van der Waals surface area contributed by atoms with E-state index >= 15 is 0 Å². The molecule has 0 aliphatic carbocycles. The van der Waals surface area contributed by atoms with Crippen molar-refractivity contribution in [1.29, 1.82) is 0 Å². The van der Waals surface area contributed by atoms with Gasteiger partial charge in [-0.1, -0.05) is 18.2 Å². The molecule has 8 heteroatoms. The zero-order chi connectivity index (χ0) is 23.0. The van der Waals surface area contributed by atoms with Gasteiger partial charge in [-0.25, -0.2) is 8.42 Å². The van der Waals surface area contributed by atoms with Gasteiger partial charge in [0.25, 0.3) is 10.0 Å². The summed E-state index contributed by atoms with van der Waals surface area (Å²) in [6, 6.07) is 11.7. The number of allylic oxidation sites excluding steroid dienone is 3. The number of hydrogen-bond acceptors (Lipinski definition) is 5. The van der Waals surface area contributed by atoms with Crippen LogP contribution in [0.3, 0.4) is 0 Å². The monoisotopic (exact) mass is 455 g/mol. The van der Waals surface area contributed by atoms with Crippen molar-refractivity contribution in [2.24, 2.45) is 0 Å².